The maximum atomic E-state index is 12.1. The van der Waals surface area contributed by atoms with Gasteiger partial charge in [-0.25, -0.2) is 4.68 Å². The first-order chi connectivity index (χ1) is 18.9. The Morgan fingerprint density at radius 1 is 1.23 bits per heavy atom. The highest BCUT2D eigenvalue weighted by atomic mass is 32.1. The number of rotatable bonds is 7. The third kappa shape index (κ3) is 4.94. The SMILES string of the molecule is CC[C@@H]1Cc2cccnc2CN(Cc2cc(C(CC(=O)O)c3ccc4c(nnn4C)c3C)cc3ccsc23)C1. The van der Waals surface area contributed by atoms with Gasteiger partial charge in [0.05, 0.1) is 17.6 Å². The molecule has 5 aromatic rings. The fourth-order valence-electron chi connectivity index (χ4n) is 6.16. The van der Waals surface area contributed by atoms with Gasteiger partial charge in [-0.3, -0.25) is 14.7 Å². The zero-order valence-corrected chi connectivity index (χ0v) is 23.4. The van der Waals surface area contributed by atoms with Gasteiger partial charge in [-0.2, -0.15) is 0 Å². The summed E-state index contributed by atoms with van der Waals surface area (Å²) in [7, 11) is 1.87. The van der Waals surface area contributed by atoms with Crippen molar-refractivity contribution < 1.29 is 9.90 Å². The van der Waals surface area contributed by atoms with Crippen molar-refractivity contribution in [3.8, 4) is 0 Å². The van der Waals surface area contributed by atoms with Crippen LogP contribution in [0.4, 0.5) is 0 Å². The molecule has 0 saturated heterocycles. The Bertz CT molecular complexity index is 1670. The zero-order valence-electron chi connectivity index (χ0n) is 22.6. The molecule has 0 amide bonds. The minimum atomic E-state index is -0.813. The van der Waals surface area contributed by atoms with Crippen molar-refractivity contribution in [3.05, 3.63) is 87.6 Å². The van der Waals surface area contributed by atoms with E-state index in [9.17, 15) is 9.90 Å². The van der Waals surface area contributed by atoms with Crippen molar-refractivity contribution in [1.82, 2.24) is 24.9 Å². The van der Waals surface area contributed by atoms with Gasteiger partial charge in [0, 0.05) is 43.5 Å². The summed E-state index contributed by atoms with van der Waals surface area (Å²) >= 11 is 1.76. The first kappa shape index (κ1) is 25.6. The highest BCUT2D eigenvalue weighted by molar-refractivity contribution is 7.17. The molecule has 1 aliphatic heterocycles. The second-order valence-corrected chi connectivity index (χ2v) is 11.7. The van der Waals surface area contributed by atoms with Gasteiger partial charge in [-0.1, -0.05) is 36.8 Å². The van der Waals surface area contributed by atoms with Gasteiger partial charge in [0.25, 0.3) is 0 Å². The predicted octanol–water partition coefficient (Wildman–Crippen LogP) is 6.08. The molecule has 0 saturated carbocycles. The lowest BCUT2D eigenvalue weighted by Crippen LogP contribution is -2.27. The summed E-state index contributed by atoms with van der Waals surface area (Å²) in [5, 5.41) is 21.8. The lowest BCUT2D eigenvalue weighted by molar-refractivity contribution is -0.137. The Morgan fingerprint density at radius 2 is 2.10 bits per heavy atom. The summed E-state index contributed by atoms with van der Waals surface area (Å²) in [5.74, 6) is -0.517. The summed E-state index contributed by atoms with van der Waals surface area (Å²) in [5.41, 5.74) is 8.56. The molecular formula is C31H33N5O2S. The summed E-state index contributed by atoms with van der Waals surface area (Å²) in [4.78, 5) is 19.4. The van der Waals surface area contributed by atoms with Gasteiger partial charge < -0.3 is 5.11 Å². The molecule has 6 rings (SSSR count). The second kappa shape index (κ2) is 10.5. The van der Waals surface area contributed by atoms with Crippen molar-refractivity contribution in [2.75, 3.05) is 6.54 Å². The smallest absolute Gasteiger partial charge is 0.304 e. The van der Waals surface area contributed by atoms with Crippen LogP contribution in [0.25, 0.3) is 21.1 Å². The van der Waals surface area contributed by atoms with Crippen LogP contribution in [-0.2, 0) is 31.4 Å². The molecule has 1 aliphatic rings. The number of thiophene rings is 1. The molecule has 0 radical (unpaired) electrons. The van der Waals surface area contributed by atoms with E-state index in [1.54, 1.807) is 16.0 Å². The fraction of sp³-hybridized carbons (Fsp3) is 0.355. The summed E-state index contributed by atoms with van der Waals surface area (Å²) in [6.45, 7) is 6.95. The van der Waals surface area contributed by atoms with Crippen molar-refractivity contribution >= 4 is 38.4 Å². The lowest BCUT2D eigenvalue weighted by Gasteiger charge is -2.25. The normalized spacial score (nSPS) is 16.8. The minimum absolute atomic E-state index is 0.0145. The van der Waals surface area contributed by atoms with Crippen LogP contribution in [0.2, 0.25) is 0 Å². The fourth-order valence-corrected chi connectivity index (χ4v) is 7.05. The van der Waals surface area contributed by atoms with Gasteiger partial charge in [-0.15, -0.1) is 16.4 Å². The van der Waals surface area contributed by atoms with Crippen molar-refractivity contribution in [2.45, 2.75) is 52.1 Å². The number of hydrogen-bond acceptors (Lipinski definition) is 6. The van der Waals surface area contributed by atoms with Crippen LogP contribution in [0.5, 0.6) is 0 Å². The van der Waals surface area contributed by atoms with Crippen LogP contribution in [0, 0.1) is 12.8 Å². The number of fused-ring (bicyclic) bond motifs is 3. The number of aromatic nitrogens is 4. The first-order valence-corrected chi connectivity index (χ1v) is 14.4. The molecule has 200 valence electrons. The Balaban J connectivity index is 1.42. The van der Waals surface area contributed by atoms with E-state index < -0.39 is 5.97 Å². The quantitative estimate of drug-likeness (QED) is 0.270. The van der Waals surface area contributed by atoms with Crippen LogP contribution in [0.1, 0.15) is 59.2 Å². The summed E-state index contributed by atoms with van der Waals surface area (Å²) in [6, 6.07) is 14.9. The predicted molar refractivity (Wildman–Crippen MR) is 155 cm³/mol. The van der Waals surface area contributed by atoms with Gasteiger partial charge >= 0.3 is 5.97 Å². The van der Waals surface area contributed by atoms with Gasteiger partial charge in [-0.05, 0) is 82.1 Å². The van der Waals surface area contributed by atoms with Gasteiger partial charge in [0.1, 0.15) is 5.52 Å². The molecule has 8 heteroatoms. The average Bonchev–Trinajstić information content (AvgIpc) is 3.50. The molecule has 0 aliphatic carbocycles. The van der Waals surface area contributed by atoms with E-state index in [1.165, 1.54) is 26.9 Å². The molecule has 2 aromatic carbocycles. The molecular weight excluding hydrogens is 506 g/mol. The number of aliphatic carboxylic acids is 1. The molecule has 3 aromatic heterocycles. The van der Waals surface area contributed by atoms with Crippen LogP contribution in [0.3, 0.4) is 0 Å². The second-order valence-electron chi connectivity index (χ2n) is 10.8. The third-order valence-corrected chi connectivity index (χ3v) is 9.25. The van der Waals surface area contributed by atoms with Crippen molar-refractivity contribution in [3.63, 3.8) is 0 Å². The molecule has 7 nitrogen and oxygen atoms in total. The minimum Gasteiger partial charge on any atom is -0.481 e. The van der Waals surface area contributed by atoms with Crippen molar-refractivity contribution in [1.29, 1.82) is 0 Å². The van der Waals surface area contributed by atoms with Gasteiger partial charge in [0.2, 0.25) is 0 Å². The van der Waals surface area contributed by atoms with Crippen molar-refractivity contribution in [2.24, 2.45) is 13.0 Å². The zero-order chi connectivity index (χ0) is 27.1. The van der Waals surface area contributed by atoms with E-state index in [0.29, 0.717) is 5.92 Å². The molecule has 1 unspecified atom stereocenters. The highest BCUT2D eigenvalue weighted by Crippen LogP contribution is 2.38. The van der Waals surface area contributed by atoms with Crippen LogP contribution in [0.15, 0.2) is 54.0 Å². The number of carboxylic acids is 1. The molecule has 4 heterocycles. The Kier molecular flexibility index (Phi) is 6.91. The van der Waals surface area contributed by atoms with Crippen LogP contribution < -0.4 is 0 Å². The lowest BCUT2D eigenvalue weighted by atomic mass is 9.84. The largest absolute Gasteiger partial charge is 0.481 e. The number of benzene rings is 2. The standard InChI is InChI=1S/C31H33N5O2S/c1-4-20-12-21-6-5-10-32-27(21)18-36(16-20)17-24-14-23(13-22-9-11-39-31(22)24)26(15-29(37)38)25-7-8-28-30(19(25)2)33-34-35(28)3/h5-11,13-14,20,26H,4,12,15-18H2,1-3H3,(H,37,38)/t20-,26?/m1/s1. The third-order valence-electron chi connectivity index (χ3n) is 8.24. The van der Waals surface area contributed by atoms with E-state index in [-0.39, 0.29) is 12.3 Å². The van der Waals surface area contributed by atoms with E-state index in [1.807, 2.05) is 32.3 Å². The number of nitrogens with zero attached hydrogens (tertiary/aromatic N) is 5. The Morgan fingerprint density at radius 3 is 2.92 bits per heavy atom. The molecule has 0 fully saturated rings. The Hall–Kier alpha value is -3.62. The maximum Gasteiger partial charge on any atom is 0.304 e. The van der Waals surface area contributed by atoms with E-state index >= 15 is 0 Å². The maximum absolute atomic E-state index is 12.1. The van der Waals surface area contributed by atoms with Gasteiger partial charge in [0.15, 0.2) is 0 Å². The molecule has 0 spiro atoms. The molecule has 39 heavy (non-hydrogen) atoms. The number of pyridine rings is 1. The van der Waals surface area contributed by atoms with E-state index in [4.69, 9.17) is 4.98 Å². The topological polar surface area (TPSA) is 84.1 Å². The highest BCUT2D eigenvalue weighted by Gasteiger charge is 2.26. The molecule has 0 bridgehead atoms. The van der Waals surface area contributed by atoms with E-state index in [0.717, 1.165) is 60.2 Å². The number of carbonyl (C=O) groups is 1. The van der Waals surface area contributed by atoms with E-state index in [2.05, 4.69) is 57.8 Å². The first-order valence-electron chi connectivity index (χ1n) is 13.6. The Labute approximate surface area is 232 Å². The summed E-state index contributed by atoms with van der Waals surface area (Å²) in [6.07, 6.45) is 4.11. The number of carboxylic acid groups (broad SMARTS) is 1. The number of aryl methyl sites for hydroxylation is 2. The molecule has 1 N–H and O–H groups in total. The number of hydrogen-bond donors (Lipinski definition) is 1. The monoisotopic (exact) mass is 539 g/mol. The van der Waals surface area contributed by atoms with Crippen LogP contribution >= 0.6 is 11.3 Å². The molecule has 2 atom stereocenters. The average molecular weight is 540 g/mol. The van der Waals surface area contributed by atoms with Crippen LogP contribution in [-0.4, -0.2) is 42.5 Å². The summed E-state index contributed by atoms with van der Waals surface area (Å²) < 4.78 is 3.03.